The van der Waals surface area contributed by atoms with Gasteiger partial charge < -0.3 is 4.12 Å². The standard InChI is InChI=1S/C30H34OSi2/c1-25-15-11-13-17-27(25)23-32(3,29-19-7-5-8-20-29)31-33(4,30-21-9-6-10-22-30)24-28-18-14-12-16-26(28)2/h5-22H,23-24H2,1-4H3. The molecule has 0 amide bonds. The SMILES string of the molecule is Cc1ccccc1C[Si](C)(O[Si](C)(Cc1ccccc1C)c1ccccc1)c1ccccc1. The van der Waals surface area contributed by atoms with Crippen LogP contribution in [0.15, 0.2) is 109 Å². The molecule has 0 aromatic heterocycles. The smallest absolute Gasteiger partial charge is 0.213 e. The lowest BCUT2D eigenvalue weighted by Gasteiger charge is -2.40. The summed E-state index contributed by atoms with van der Waals surface area (Å²) >= 11 is 0. The molecule has 4 aromatic carbocycles. The highest BCUT2D eigenvalue weighted by Crippen LogP contribution is 2.25. The summed E-state index contributed by atoms with van der Waals surface area (Å²) in [6.45, 7) is 9.27. The number of benzene rings is 4. The lowest BCUT2D eigenvalue weighted by atomic mass is 10.1. The maximum Gasteiger partial charge on any atom is 0.213 e. The monoisotopic (exact) mass is 466 g/mol. The minimum atomic E-state index is -2.33. The van der Waals surface area contributed by atoms with E-state index >= 15 is 0 Å². The van der Waals surface area contributed by atoms with Crippen molar-refractivity contribution in [2.24, 2.45) is 0 Å². The third-order valence-electron chi connectivity index (χ3n) is 6.80. The molecule has 0 bridgehead atoms. The van der Waals surface area contributed by atoms with Crippen LogP contribution < -0.4 is 10.4 Å². The average Bonchev–Trinajstić information content (AvgIpc) is 2.83. The highest BCUT2D eigenvalue weighted by Gasteiger charge is 2.42. The molecule has 4 aromatic rings. The molecule has 0 radical (unpaired) electrons. The Bertz CT molecular complexity index is 1100. The van der Waals surface area contributed by atoms with Crippen LogP contribution in [0.3, 0.4) is 0 Å². The molecule has 168 valence electrons. The van der Waals surface area contributed by atoms with Crippen molar-refractivity contribution in [3.8, 4) is 0 Å². The van der Waals surface area contributed by atoms with Crippen molar-refractivity contribution in [3.63, 3.8) is 0 Å². The van der Waals surface area contributed by atoms with Crippen molar-refractivity contribution in [3.05, 3.63) is 131 Å². The second-order valence-corrected chi connectivity index (χ2v) is 17.1. The van der Waals surface area contributed by atoms with Gasteiger partial charge in [0.05, 0.1) is 0 Å². The van der Waals surface area contributed by atoms with Crippen molar-refractivity contribution in [1.29, 1.82) is 0 Å². The Morgan fingerprint density at radius 1 is 0.485 bits per heavy atom. The normalized spacial score (nSPS) is 14.9. The number of hydrogen-bond acceptors (Lipinski definition) is 1. The largest absolute Gasteiger partial charge is 0.448 e. The van der Waals surface area contributed by atoms with Gasteiger partial charge in [-0.3, -0.25) is 0 Å². The van der Waals surface area contributed by atoms with Crippen molar-refractivity contribution < 1.29 is 4.12 Å². The molecule has 4 rings (SSSR count). The van der Waals surface area contributed by atoms with Gasteiger partial charge in [0.25, 0.3) is 0 Å². The van der Waals surface area contributed by atoms with E-state index in [0.717, 1.165) is 12.1 Å². The van der Waals surface area contributed by atoms with E-state index in [1.807, 2.05) is 0 Å². The minimum Gasteiger partial charge on any atom is -0.448 e. The summed E-state index contributed by atoms with van der Waals surface area (Å²) in [5.41, 5.74) is 5.49. The third kappa shape index (κ3) is 5.44. The highest BCUT2D eigenvalue weighted by molar-refractivity contribution is 6.97. The Morgan fingerprint density at radius 2 is 0.818 bits per heavy atom. The predicted molar refractivity (Wildman–Crippen MR) is 146 cm³/mol. The van der Waals surface area contributed by atoms with Gasteiger partial charge in [-0.15, -0.1) is 0 Å². The van der Waals surface area contributed by atoms with Crippen molar-refractivity contribution >= 4 is 27.0 Å². The van der Waals surface area contributed by atoms with Crippen molar-refractivity contribution in [2.45, 2.75) is 39.0 Å². The molecule has 2 atom stereocenters. The molecule has 0 spiro atoms. The van der Waals surface area contributed by atoms with E-state index in [-0.39, 0.29) is 0 Å². The van der Waals surface area contributed by atoms with Gasteiger partial charge in [-0.2, -0.15) is 0 Å². The predicted octanol–water partition coefficient (Wildman–Crippen LogP) is 6.15. The molecule has 0 saturated heterocycles. The van der Waals surface area contributed by atoms with E-state index in [2.05, 4.69) is 136 Å². The summed E-state index contributed by atoms with van der Waals surface area (Å²) in [5.74, 6) is 0. The number of rotatable bonds is 8. The topological polar surface area (TPSA) is 9.23 Å². The minimum absolute atomic E-state index is 0.979. The van der Waals surface area contributed by atoms with E-state index in [4.69, 9.17) is 4.12 Å². The number of aryl methyl sites for hydroxylation is 2. The lowest BCUT2D eigenvalue weighted by Crippen LogP contribution is -2.63. The second-order valence-electron chi connectivity index (χ2n) is 9.50. The average molecular weight is 467 g/mol. The van der Waals surface area contributed by atoms with E-state index in [0.29, 0.717) is 0 Å². The van der Waals surface area contributed by atoms with Crippen molar-refractivity contribution in [2.75, 3.05) is 0 Å². The highest BCUT2D eigenvalue weighted by atomic mass is 28.4. The Kier molecular flexibility index (Phi) is 7.13. The molecule has 1 nitrogen and oxygen atoms in total. The summed E-state index contributed by atoms with van der Waals surface area (Å²) in [5, 5.41) is 2.74. The molecule has 3 heteroatoms. The fourth-order valence-electron chi connectivity index (χ4n) is 4.82. The Labute approximate surface area is 201 Å². The maximum absolute atomic E-state index is 7.59. The molecule has 0 aliphatic carbocycles. The Balaban J connectivity index is 1.80. The maximum atomic E-state index is 7.59. The van der Waals surface area contributed by atoms with Gasteiger partial charge in [0.1, 0.15) is 0 Å². The van der Waals surface area contributed by atoms with E-state index in [9.17, 15) is 0 Å². The molecular weight excluding hydrogens is 433 g/mol. The fraction of sp³-hybridized carbons (Fsp3) is 0.200. The van der Waals surface area contributed by atoms with E-state index < -0.39 is 16.6 Å². The first-order valence-electron chi connectivity index (χ1n) is 11.8. The first kappa shape index (κ1) is 23.4. The van der Waals surface area contributed by atoms with Crippen LogP contribution in [-0.4, -0.2) is 16.6 Å². The molecular formula is C30H34OSi2. The van der Waals surface area contributed by atoms with Crippen LogP contribution in [0, 0.1) is 13.8 Å². The van der Waals surface area contributed by atoms with Gasteiger partial charge in [-0.05, 0) is 71.7 Å². The fourth-order valence-corrected chi connectivity index (χ4v) is 14.8. The first-order valence-corrected chi connectivity index (χ1v) is 17.0. The van der Waals surface area contributed by atoms with Crippen molar-refractivity contribution in [1.82, 2.24) is 0 Å². The van der Waals surface area contributed by atoms with E-state index in [1.165, 1.54) is 32.6 Å². The molecule has 33 heavy (non-hydrogen) atoms. The molecule has 0 fully saturated rings. The first-order chi connectivity index (χ1) is 15.9. The quantitative estimate of drug-likeness (QED) is 0.283. The van der Waals surface area contributed by atoms with Gasteiger partial charge in [0, 0.05) is 0 Å². The molecule has 0 aliphatic rings. The van der Waals surface area contributed by atoms with Gasteiger partial charge in [-0.1, -0.05) is 109 Å². The van der Waals surface area contributed by atoms with Crippen LogP contribution in [0.2, 0.25) is 13.1 Å². The summed E-state index contributed by atoms with van der Waals surface area (Å²) in [6.07, 6.45) is 0. The second kappa shape index (κ2) is 10.0. The molecule has 0 N–H and O–H groups in total. The zero-order valence-electron chi connectivity index (χ0n) is 20.2. The summed E-state index contributed by atoms with van der Waals surface area (Å²) in [6, 6.07) is 41.4. The molecule has 2 unspecified atom stereocenters. The summed E-state index contributed by atoms with van der Waals surface area (Å²) in [7, 11) is -4.65. The summed E-state index contributed by atoms with van der Waals surface area (Å²) in [4.78, 5) is 0. The zero-order chi connectivity index (χ0) is 23.3. The molecule has 0 saturated carbocycles. The Hall–Kier alpha value is -2.73. The van der Waals surface area contributed by atoms with Gasteiger partial charge in [-0.25, -0.2) is 0 Å². The van der Waals surface area contributed by atoms with Gasteiger partial charge in [0.15, 0.2) is 0 Å². The van der Waals surface area contributed by atoms with Crippen LogP contribution in [0.1, 0.15) is 22.3 Å². The molecule has 0 aliphatic heterocycles. The third-order valence-corrected chi connectivity index (χ3v) is 15.6. The summed E-state index contributed by atoms with van der Waals surface area (Å²) < 4.78 is 7.59. The van der Waals surface area contributed by atoms with Crippen LogP contribution in [-0.2, 0) is 16.2 Å². The van der Waals surface area contributed by atoms with Crippen LogP contribution in [0.4, 0.5) is 0 Å². The Morgan fingerprint density at radius 3 is 1.18 bits per heavy atom. The molecule has 0 heterocycles. The van der Waals surface area contributed by atoms with Crippen LogP contribution in [0.25, 0.3) is 0 Å². The zero-order valence-corrected chi connectivity index (χ0v) is 22.2. The lowest BCUT2D eigenvalue weighted by molar-refractivity contribution is 0.551. The van der Waals surface area contributed by atoms with E-state index in [1.54, 1.807) is 0 Å². The number of hydrogen-bond donors (Lipinski definition) is 0. The van der Waals surface area contributed by atoms with Crippen LogP contribution in [0.5, 0.6) is 0 Å². The van der Waals surface area contributed by atoms with Crippen LogP contribution >= 0.6 is 0 Å². The van der Waals surface area contributed by atoms with Gasteiger partial charge in [0.2, 0.25) is 16.6 Å². The van der Waals surface area contributed by atoms with Gasteiger partial charge >= 0.3 is 0 Å².